The van der Waals surface area contributed by atoms with E-state index in [1.54, 1.807) is 16.7 Å². The standard InChI is InChI=1S/C10H16N2O4S/c1-7-6-17-5-4-12(7)10(16)11-8(13)2-3-9(14)15/h7H,2-6H2,1H3,(H,14,15)(H,11,13,16). The Morgan fingerprint density at radius 1 is 1.41 bits per heavy atom. The van der Waals surface area contributed by atoms with Gasteiger partial charge in [-0.1, -0.05) is 0 Å². The molecular weight excluding hydrogens is 244 g/mol. The van der Waals surface area contributed by atoms with Crippen LogP contribution in [-0.2, 0) is 9.59 Å². The molecule has 96 valence electrons. The van der Waals surface area contributed by atoms with Crippen molar-refractivity contribution in [3.8, 4) is 0 Å². The zero-order valence-electron chi connectivity index (χ0n) is 9.64. The van der Waals surface area contributed by atoms with Gasteiger partial charge in [-0.2, -0.15) is 11.8 Å². The summed E-state index contributed by atoms with van der Waals surface area (Å²) < 4.78 is 0. The highest BCUT2D eigenvalue weighted by Gasteiger charge is 2.24. The van der Waals surface area contributed by atoms with E-state index in [4.69, 9.17) is 5.11 Å². The summed E-state index contributed by atoms with van der Waals surface area (Å²) in [7, 11) is 0. The van der Waals surface area contributed by atoms with E-state index >= 15 is 0 Å². The van der Waals surface area contributed by atoms with E-state index in [1.807, 2.05) is 6.92 Å². The van der Waals surface area contributed by atoms with E-state index < -0.39 is 17.9 Å². The van der Waals surface area contributed by atoms with Gasteiger partial charge in [0, 0.05) is 30.5 Å². The number of imide groups is 1. The summed E-state index contributed by atoms with van der Waals surface area (Å²) >= 11 is 1.77. The number of rotatable bonds is 3. The topological polar surface area (TPSA) is 86.7 Å². The number of urea groups is 1. The van der Waals surface area contributed by atoms with Gasteiger partial charge in [0.2, 0.25) is 5.91 Å². The van der Waals surface area contributed by atoms with Crippen LogP contribution >= 0.6 is 11.8 Å². The van der Waals surface area contributed by atoms with E-state index in [0.29, 0.717) is 6.54 Å². The molecular formula is C10H16N2O4S. The van der Waals surface area contributed by atoms with E-state index in [1.165, 1.54) is 0 Å². The van der Waals surface area contributed by atoms with Crippen molar-refractivity contribution in [2.45, 2.75) is 25.8 Å². The summed E-state index contributed by atoms with van der Waals surface area (Å²) in [4.78, 5) is 34.9. The minimum atomic E-state index is -1.05. The van der Waals surface area contributed by atoms with Crippen LogP contribution in [-0.4, -0.2) is 52.0 Å². The van der Waals surface area contributed by atoms with E-state index in [0.717, 1.165) is 11.5 Å². The van der Waals surface area contributed by atoms with Gasteiger partial charge in [-0.3, -0.25) is 14.9 Å². The van der Waals surface area contributed by atoms with Gasteiger partial charge in [-0.25, -0.2) is 4.79 Å². The molecule has 1 aliphatic rings. The molecule has 0 spiro atoms. The SMILES string of the molecule is CC1CSCCN1C(=O)NC(=O)CCC(=O)O. The van der Waals surface area contributed by atoms with Crippen LogP contribution in [0.1, 0.15) is 19.8 Å². The monoisotopic (exact) mass is 260 g/mol. The summed E-state index contributed by atoms with van der Waals surface area (Å²) in [6, 6.07) is -0.325. The van der Waals surface area contributed by atoms with Crippen LogP contribution < -0.4 is 5.32 Å². The highest BCUT2D eigenvalue weighted by Crippen LogP contribution is 2.15. The van der Waals surface area contributed by atoms with Crippen molar-refractivity contribution in [3.63, 3.8) is 0 Å². The van der Waals surface area contributed by atoms with Crippen molar-refractivity contribution in [1.82, 2.24) is 10.2 Å². The number of carboxylic acid groups (broad SMARTS) is 1. The molecule has 0 aromatic rings. The zero-order valence-corrected chi connectivity index (χ0v) is 10.5. The third kappa shape index (κ3) is 4.64. The molecule has 0 bridgehead atoms. The summed E-state index contributed by atoms with van der Waals surface area (Å²) in [6.07, 6.45) is -0.428. The van der Waals surface area contributed by atoms with Crippen LogP contribution in [0.25, 0.3) is 0 Å². The number of amides is 3. The smallest absolute Gasteiger partial charge is 0.324 e. The van der Waals surface area contributed by atoms with Crippen molar-refractivity contribution in [2.24, 2.45) is 0 Å². The zero-order chi connectivity index (χ0) is 12.8. The Kier molecular flexibility index (Phi) is 5.27. The molecule has 17 heavy (non-hydrogen) atoms. The number of hydrogen-bond acceptors (Lipinski definition) is 4. The average molecular weight is 260 g/mol. The number of carbonyl (C=O) groups excluding carboxylic acids is 2. The number of thioether (sulfide) groups is 1. The van der Waals surface area contributed by atoms with Gasteiger partial charge in [-0.15, -0.1) is 0 Å². The Morgan fingerprint density at radius 3 is 2.71 bits per heavy atom. The first-order valence-electron chi connectivity index (χ1n) is 5.40. The van der Waals surface area contributed by atoms with Gasteiger partial charge in [-0.05, 0) is 6.92 Å². The molecule has 1 rings (SSSR count). The quantitative estimate of drug-likeness (QED) is 0.772. The second-order valence-corrected chi connectivity index (χ2v) is 5.01. The molecule has 0 aliphatic carbocycles. The lowest BCUT2D eigenvalue weighted by Gasteiger charge is -2.32. The lowest BCUT2D eigenvalue weighted by molar-refractivity contribution is -0.138. The van der Waals surface area contributed by atoms with Gasteiger partial charge >= 0.3 is 12.0 Å². The van der Waals surface area contributed by atoms with Crippen LogP contribution in [0.15, 0.2) is 0 Å². The molecule has 6 nitrogen and oxygen atoms in total. The van der Waals surface area contributed by atoms with Gasteiger partial charge in [0.25, 0.3) is 0 Å². The minimum absolute atomic E-state index is 0.0982. The molecule has 7 heteroatoms. The van der Waals surface area contributed by atoms with Gasteiger partial charge < -0.3 is 10.0 Å². The first-order chi connectivity index (χ1) is 8.00. The van der Waals surface area contributed by atoms with Crippen LogP contribution in [0.2, 0.25) is 0 Å². The largest absolute Gasteiger partial charge is 0.481 e. The second kappa shape index (κ2) is 6.48. The summed E-state index contributed by atoms with van der Waals surface area (Å²) in [5.41, 5.74) is 0. The summed E-state index contributed by atoms with van der Waals surface area (Å²) in [5.74, 6) is 0.135. The Labute approximate surface area is 104 Å². The number of hydrogen-bond donors (Lipinski definition) is 2. The lowest BCUT2D eigenvalue weighted by atomic mass is 10.3. The molecule has 1 heterocycles. The molecule has 3 amide bonds. The fourth-order valence-corrected chi connectivity index (χ4v) is 2.52. The Hall–Kier alpha value is -1.24. The maximum Gasteiger partial charge on any atom is 0.324 e. The van der Waals surface area contributed by atoms with Crippen molar-refractivity contribution >= 4 is 29.7 Å². The third-order valence-electron chi connectivity index (χ3n) is 2.44. The third-order valence-corrected chi connectivity index (χ3v) is 3.63. The first-order valence-corrected chi connectivity index (χ1v) is 6.56. The molecule has 1 fully saturated rings. The molecule has 0 aromatic carbocycles. The van der Waals surface area contributed by atoms with Gasteiger partial charge in [0.05, 0.1) is 6.42 Å². The van der Waals surface area contributed by atoms with Crippen LogP contribution in [0.3, 0.4) is 0 Å². The maximum atomic E-state index is 11.7. The molecule has 0 saturated carbocycles. The van der Waals surface area contributed by atoms with Crippen LogP contribution in [0.4, 0.5) is 4.79 Å². The Balaban J connectivity index is 2.37. The van der Waals surface area contributed by atoms with E-state index in [-0.39, 0.29) is 18.9 Å². The fourth-order valence-electron chi connectivity index (χ4n) is 1.50. The lowest BCUT2D eigenvalue weighted by Crippen LogP contribution is -2.50. The average Bonchev–Trinajstić information content (AvgIpc) is 2.26. The highest BCUT2D eigenvalue weighted by molar-refractivity contribution is 7.99. The van der Waals surface area contributed by atoms with Gasteiger partial charge in [0.15, 0.2) is 0 Å². The predicted octanol–water partition coefficient (Wildman–Crippen LogP) is 0.525. The van der Waals surface area contributed by atoms with Crippen LogP contribution in [0, 0.1) is 0 Å². The normalized spacial score (nSPS) is 19.8. The molecule has 1 aliphatic heterocycles. The van der Waals surface area contributed by atoms with Crippen molar-refractivity contribution < 1.29 is 19.5 Å². The van der Waals surface area contributed by atoms with E-state index in [9.17, 15) is 14.4 Å². The number of nitrogens with zero attached hydrogens (tertiary/aromatic N) is 1. The van der Waals surface area contributed by atoms with Crippen molar-refractivity contribution in [1.29, 1.82) is 0 Å². The molecule has 0 radical (unpaired) electrons. The predicted molar refractivity (Wildman–Crippen MR) is 63.9 cm³/mol. The maximum absolute atomic E-state index is 11.7. The molecule has 1 saturated heterocycles. The van der Waals surface area contributed by atoms with Gasteiger partial charge in [0.1, 0.15) is 0 Å². The summed E-state index contributed by atoms with van der Waals surface area (Å²) in [5, 5.41) is 10.6. The molecule has 1 atom stereocenters. The molecule has 1 unspecified atom stereocenters. The van der Waals surface area contributed by atoms with Crippen molar-refractivity contribution in [2.75, 3.05) is 18.1 Å². The second-order valence-electron chi connectivity index (χ2n) is 3.86. The highest BCUT2D eigenvalue weighted by atomic mass is 32.2. The Morgan fingerprint density at radius 2 is 2.12 bits per heavy atom. The minimum Gasteiger partial charge on any atom is -0.481 e. The molecule has 0 aromatic heterocycles. The number of carbonyl (C=O) groups is 3. The number of aliphatic carboxylic acids is 1. The van der Waals surface area contributed by atoms with Crippen molar-refractivity contribution in [3.05, 3.63) is 0 Å². The first kappa shape index (κ1) is 13.8. The fraction of sp³-hybridized carbons (Fsp3) is 0.700. The Bertz CT molecular complexity index is 321. The van der Waals surface area contributed by atoms with Crippen LogP contribution in [0.5, 0.6) is 0 Å². The van der Waals surface area contributed by atoms with E-state index in [2.05, 4.69) is 5.32 Å². The number of carboxylic acids is 1. The molecule has 2 N–H and O–H groups in total. The number of nitrogens with one attached hydrogen (secondary N) is 1. The summed E-state index contributed by atoms with van der Waals surface area (Å²) in [6.45, 7) is 2.54.